The Morgan fingerprint density at radius 3 is 2.41 bits per heavy atom. The van der Waals surface area contributed by atoms with Crippen molar-refractivity contribution in [1.29, 1.82) is 0 Å². The van der Waals surface area contributed by atoms with E-state index in [0.717, 1.165) is 0 Å². The van der Waals surface area contributed by atoms with E-state index in [4.69, 9.17) is 15.6 Å². The highest BCUT2D eigenvalue weighted by atomic mass is 16.5. The van der Waals surface area contributed by atoms with Crippen molar-refractivity contribution in [2.75, 3.05) is 40.0 Å². The van der Waals surface area contributed by atoms with Crippen molar-refractivity contribution in [3.8, 4) is 0 Å². The number of methoxy groups -OCH3 is 1. The number of carboxylic acid groups (broad SMARTS) is 1. The smallest absolute Gasteiger partial charge is 0.329 e. The van der Waals surface area contributed by atoms with Crippen LogP contribution in [0, 0.1) is 0 Å². The molecule has 98 valence electrons. The van der Waals surface area contributed by atoms with E-state index in [1.54, 1.807) is 0 Å². The van der Waals surface area contributed by atoms with Crippen molar-refractivity contribution < 1.29 is 29.0 Å². The van der Waals surface area contributed by atoms with Gasteiger partial charge in [0, 0.05) is 6.54 Å². The summed E-state index contributed by atoms with van der Waals surface area (Å²) in [5.41, 5.74) is 5.00. The number of hydrogen-bond donors (Lipinski definition) is 2. The van der Waals surface area contributed by atoms with Gasteiger partial charge < -0.3 is 20.3 Å². The number of primary amides is 1. The van der Waals surface area contributed by atoms with E-state index in [2.05, 4.69) is 4.74 Å². The van der Waals surface area contributed by atoms with Crippen LogP contribution in [-0.2, 0) is 23.9 Å². The summed E-state index contributed by atoms with van der Waals surface area (Å²) in [4.78, 5) is 33.3. The van der Waals surface area contributed by atoms with E-state index in [0.29, 0.717) is 0 Å². The van der Waals surface area contributed by atoms with Crippen molar-refractivity contribution in [3.05, 3.63) is 0 Å². The number of ether oxygens (including phenoxy) is 2. The maximum Gasteiger partial charge on any atom is 0.329 e. The highest BCUT2D eigenvalue weighted by Gasteiger charge is 2.13. The summed E-state index contributed by atoms with van der Waals surface area (Å²) >= 11 is 0. The van der Waals surface area contributed by atoms with Crippen molar-refractivity contribution in [3.63, 3.8) is 0 Å². The Morgan fingerprint density at radius 2 is 1.94 bits per heavy atom. The van der Waals surface area contributed by atoms with Gasteiger partial charge in [-0.3, -0.25) is 14.5 Å². The van der Waals surface area contributed by atoms with Crippen molar-refractivity contribution in [2.24, 2.45) is 5.73 Å². The third-order valence-corrected chi connectivity index (χ3v) is 1.74. The lowest BCUT2D eigenvalue weighted by molar-refractivity contribution is -0.144. The summed E-state index contributed by atoms with van der Waals surface area (Å²) < 4.78 is 9.22. The summed E-state index contributed by atoms with van der Waals surface area (Å²) in [5.74, 6) is -2.18. The maximum atomic E-state index is 11.0. The van der Waals surface area contributed by atoms with Crippen LogP contribution in [0.3, 0.4) is 0 Å². The third kappa shape index (κ3) is 9.27. The lowest BCUT2D eigenvalue weighted by Gasteiger charge is -2.18. The van der Waals surface area contributed by atoms with Crippen molar-refractivity contribution in [2.45, 2.75) is 0 Å². The second-order valence-electron chi connectivity index (χ2n) is 3.20. The molecular weight excluding hydrogens is 232 g/mol. The highest BCUT2D eigenvalue weighted by molar-refractivity contribution is 5.77. The average Bonchev–Trinajstić information content (AvgIpc) is 2.22. The molecular formula is C9H16N2O6. The Labute approximate surface area is 98.3 Å². The van der Waals surface area contributed by atoms with E-state index in [1.807, 2.05) is 0 Å². The number of nitrogens with zero attached hydrogens (tertiary/aromatic N) is 1. The first kappa shape index (κ1) is 15.3. The van der Waals surface area contributed by atoms with E-state index in [9.17, 15) is 14.4 Å². The number of carbonyl (C=O) groups is 3. The van der Waals surface area contributed by atoms with Gasteiger partial charge in [0.2, 0.25) is 5.91 Å². The molecule has 0 unspecified atom stereocenters. The average molecular weight is 248 g/mol. The van der Waals surface area contributed by atoms with Crippen LogP contribution in [0.5, 0.6) is 0 Å². The quantitative estimate of drug-likeness (QED) is 0.359. The number of carboxylic acids is 1. The minimum Gasteiger partial charge on any atom is -0.480 e. The predicted octanol–water partition coefficient (Wildman–Crippen LogP) is -1.95. The standard InChI is InChI=1S/C9H16N2O6/c1-16-9(15)5-11(4-7(10)12)2-3-17-6-8(13)14/h2-6H2,1H3,(H2,10,12)(H,13,14). The zero-order valence-electron chi connectivity index (χ0n) is 9.55. The summed E-state index contributed by atoms with van der Waals surface area (Å²) in [6.07, 6.45) is 0. The topological polar surface area (TPSA) is 119 Å². The Balaban J connectivity index is 3.97. The Hall–Kier alpha value is -1.67. The predicted molar refractivity (Wildman–Crippen MR) is 56.1 cm³/mol. The highest BCUT2D eigenvalue weighted by Crippen LogP contribution is 1.90. The molecule has 0 aliphatic carbocycles. The van der Waals surface area contributed by atoms with Crippen LogP contribution in [0.4, 0.5) is 0 Å². The number of carbonyl (C=O) groups excluding carboxylic acids is 2. The van der Waals surface area contributed by atoms with Crippen LogP contribution in [-0.4, -0.2) is 67.8 Å². The molecule has 0 saturated heterocycles. The molecule has 0 aliphatic rings. The zero-order chi connectivity index (χ0) is 13.3. The van der Waals surface area contributed by atoms with Gasteiger partial charge in [-0.25, -0.2) is 4.79 Å². The molecule has 0 aromatic carbocycles. The Morgan fingerprint density at radius 1 is 1.29 bits per heavy atom. The molecule has 0 heterocycles. The molecule has 0 atom stereocenters. The first-order valence-electron chi connectivity index (χ1n) is 4.82. The lowest BCUT2D eigenvalue weighted by atomic mass is 10.4. The fraction of sp³-hybridized carbons (Fsp3) is 0.667. The lowest BCUT2D eigenvalue weighted by Crippen LogP contribution is -2.39. The van der Waals surface area contributed by atoms with Gasteiger partial charge in [0.05, 0.1) is 26.8 Å². The minimum absolute atomic E-state index is 0.0799. The van der Waals surface area contributed by atoms with E-state index < -0.39 is 24.5 Å². The molecule has 0 aromatic rings. The van der Waals surface area contributed by atoms with Crippen LogP contribution in [0.1, 0.15) is 0 Å². The second-order valence-corrected chi connectivity index (χ2v) is 3.20. The fourth-order valence-corrected chi connectivity index (χ4v) is 1.03. The molecule has 0 rings (SSSR count). The van der Waals surface area contributed by atoms with E-state index >= 15 is 0 Å². The van der Waals surface area contributed by atoms with Crippen molar-refractivity contribution >= 4 is 17.8 Å². The molecule has 8 nitrogen and oxygen atoms in total. The molecule has 0 bridgehead atoms. The number of rotatable bonds is 9. The number of esters is 1. The SMILES string of the molecule is COC(=O)CN(CCOCC(=O)O)CC(N)=O. The fourth-order valence-electron chi connectivity index (χ4n) is 1.03. The molecule has 0 saturated carbocycles. The summed E-state index contributed by atoms with van der Waals surface area (Å²) in [6, 6.07) is 0. The number of amides is 1. The molecule has 8 heteroatoms. The van der Waals surface area contributed by atoms with Gasteiger partial charge in [-0.1, -0.05) is 0 Å². The molecule has 0 aliphatic heterocycles. The monoisotopic (exact) mass is 248 g/mol. The number of aliphatic carboxylic acids is 1. The largest absolute Gasteiger partial charge is 0.480 e. The van der Waals surface area contributed by atoms with Gasteiger partial charge in [-0.2, -0.15) is 0 Å². The molecule has 3 N–H and O–H groups in total. The molecule has 0 fully saturated rings. The molecule has 1 amide bonds. The molecule has 17 heavy (non-hydrogen) atoms. The number of hydrogen-bond acceptors (Lipinski definition) is 6. The molecule has 0 aromatic heterocycles. The van der Waals surface area contributed by atoms with E-state index in [1.165, 1.54) is 12.0 Å². The minimum atomic E-state index is -1.08. The molecule has 0 spiro atoms. The maximum absolute atomic E-state index is 11.0. The van der Waals surface area contributed by atoms with Gasteiger partial charge in [0.25, 0.3) is 0 Å². The van der Waals surface area contributed by atoms with Gasteiger partial charge in [0.15, 0.2) is 0 Å². The van der Waals surface area contributed by atoms with Crippen LogP contribution in [0.2, 0.25) is 0 Å². The van der Waals surface area contributed by atoms with Crippen LogP contribution in [0.25, 0.3) is 0 Å². The van der Waals surface area contributed by atoms with Gasteiger partial charge in [-0.05, 0) is 0 Å². The van der Waals surface area contributed by atoms with Crippen LogP contribution in [0.15, 0.2) is 0 Å². The van der Waals surface area contributed by atoms with Gasteiger partial charge in [-0.15, -0.1) is 0 Å². The Kier molecular flexibility index (Phi) is 7.65. The van der Waals surface area contributed by atoms with Crippen molar-refractivity contribution in [1.82, 2.24) is 4.90 Å². The third-order valence-electron chi connectivity index (χ3n) is 1.74. The van der Waals surface area contributed by atoms with Crippen LogP contribution < -0.4 is 5.73 Å². The summed E-state index contributed by atoms with van der Waals surface area (Å²) in [6.45, 7) is -0.355. The first-order valence-corrected chi connectivity index (χ1v) is 4.82. The van der Waals surface area contributed by atoms with Gasteiger partial charge in [0.1, 0.15) is 6.61 Å². The zero-order valence-corrected chi connectivity index (χ0v) is 9.55. The molecule has 0 radical (unpaired) electrons. The number of nitrogens with two attached hydrogens (primary N) is 1. The second kappa shape index (κ2) is 8.48. The summed E-state index contributed by atoms with van der Waals surface area (Å²) in [7, 11) is 1.23. The normalized spacial score (nSPS) is 10.2. The first-order chi connectivity index (χ1) is 7.95. The Bertz CT molecular complexity index is 281. The van der Waals surface area contributed by atoms with Crippen LogP contribution >= 0.6 is 0 Å². The van der Waals surface area contributed by atoms with E-state index in [-0.39, 0.29) is 26.2 Å². The van der Waals surface area contributed by atoms with Gasteiger partial charge >= 0.3 is 11.9 Å². The summed E-state index contributed by atoms with van der Waals surface area (Å²) in [5, 5.41) is 8.32.